The maximum Gasteiger partial charge on any atom is 0.290 e. The van der Waals surface area contributed by atoms with Crippen LogP contribution in [-0.4, -0.2) is 17.8 Å². The van der Waals surface area contributed by atoms with Crippen LogP contribution in [0.5, 0.6) is 0 Å². The third-order valence-electron chi connectivity index (χ3n) is 0.604. The molecular weight excluding hydrogens is 94.1 g/mol. The minimum atomic E-state index is -0.431. The SMILES string of the molecule is N=C1C=NNC1=O. The highest BCUT2D eigenvalue weighted by molar-refractivity contribution is 6.61. The summed E-state index contributed by atoms with van der Waals surface area (Å²) in [5.41, 5.74) is 1.99. The van der Waals surface area contributed by atoms with Gasteiger partial charge in [0.25, 0.3) is 5.91 Å². The van der Waals surface area contributed by atoms with E-state index in [4.69, 9.17) is 5.41 Å². The maximum absolute atomic E-state index is 10.1. The van der Waals surface area contributed by atoms with Gasteiger partial charge in [0.15, 0.2) is 0 Å². The Kier molecular flexibility index (Phi) is 0.651. The summed E-state index contributed by atoms with van der Waals surface area (Å²) in [6, 6.07) is 0. The van der Waals surface area contributed by atoms with Gasteiger partial charge in [0.1, 0.15) is 5.71 Å². The molecule has 0 aromatic carbocycles. The van der Waals surface area contributed by atoms with Gasteiger partial charge in [-0.1, -0.05) is 0 Å². The molecule has 0 bridgehead atoms. The van der Waals surface area contributed by atoms with Crippen molar-refractivity contribution in [3.05, 3.63) is 0 Å². The molecule has 0 spiro atoms. The van der Waals surface area contributed by atoms with E-state index in [1.165, 1.54) is 6.21 Å². The standard InChI is InChI=1S/C3H3N3O/c4-2-1-5-6-3(2)7/h1H,(H2,4,6,7). The lowest BCUT2D eigenvalue weighted by atomic mass is 10.4. The van der Waals surface area contributed by atoms with Gasteiger partial charge in [-0.05, 0) is 0 Å². The van der Waals surface area contributed by atoms with Crippen LogP contribution >= 0.6 is 0 Å². The second-order valence-electron chi connectivity index (χ2n) is 1.11. The predicted molar refractivity (Wildman–Crippen MR) is 24.4 cm³/mol. The molecule has 0 saturated carbocycles. The van der Waals surface area contributed by atoms with Gasteiger partial charge < -0.3 is 0 Å². The molecule has 36 valence electrons. The summed E-state index contributed by atoms with van der Waals surface area (Å²) in [6.45, 7) is 0. The predicted octanol–water partition coefficient (Wildman–Crippen LogP) is -0.878. The normalized spacial score (nSPS) is 17.7. The van der Waals surface area contributed by atoms with Crippen molar-refractivity contribution in [3.8, 4) is 0 Å². The molecule has 0 saturated heterocycles. The number of amides is 1. The largest absolute Gasteiger partial charge is 0.294 e. The molecule has 4 heteroatoms. The quantitative estimate of drug-likeness (QED) is 0.405. The van der Waals surface area contributed by atoms with Gasteiger partial charge >= 0.3 is 0 Å². The first-order chi connectivity index (χ1) is 3.30. The third kappa shape index (κ3) is 0.489. The van der Waals surface area contributed by atoms with Crippen molar-refractivity contribution in [2.75, 3.05) is 0 Å². The van der Waals surface area contributed by atoms with Crippen LogP contribution in [0.2, 0.25) is 0 Å². The Bertz CT molecular complexity index is 148. The lowest BCUT2D eigenvalue weighted by molar-refractivity contribution is -0.114. The summed E-state index contributed by atoms with van der Waals surface area (Å²) >= 11 is 0. The molecule has 0 radical (unpaired) electrons. The maximum atomic E-state index is 10.1. The molecule has 0 aromatic rings. The Morgan fingerprint density at radius 3 is 2.71 bits per heavy atom. The Balaban J connectivity index is 2.81. The first-order valence-electron chi connectivity index (χ1n) is 1.72. The molecule has 0 atom stereocenters. The van der Waals surface area contributed by atoms with Gasteiger partial charge in [0, 0.05) is 0 Å². The van der Waals surface area contributed by atoms with Crippen LogP contribution < -0.4 is 5.43 Å². The Morgan fingerprint density at radius 2 is 2.57 bits per heavy atom. The van der Waals surface area contributed by atoms with Crippen molar-refractivity contribution in [2.45, 2.75) is 0 Å². The fraction of sp³-hybridized carbons (Fsp3) is 0. The Hall–Kier alpha value is -1.19. The van der Waals surface area contributed by atoms with Crippen molar-refractivity contribution in [3.63, 3.8) is 0 Å². The van der Waals surface area contributed by atoms with Crippen molar-refractivity contribution in [1.82, 2.24) is 5.43 Å². The van der Waals surface area contributed by atoms with E-state index in [1.807, 2.05) is 0 Å². The van der Waals surface area contributed by atoms with Crippen LogP contribution in [0.1, 0.15) is 0 Å². The summed E-state index contributed by atoms with van der Waals surface area (Å²) < 4.78 is 0. The van der Waals surface area contributed by atoms with Crippen molar-refractivity contribution < 1.29 is 4.79 Å². The number of carbonyl (C=O) groups is 1. The zero-order valence-electron chi connectivity index (χ0n) is 3.43. The van der Waals surface area contributed by atoms with Crippen molar-refractivity contribution in [1.29, 1.82) is 5.41 Å². The third-order valence-corrected chi connectivity index (χ3v) is 0.604. The Labute approximate surface area is 39.7 Å². The molecule has 1 rings (SSSR count). The van der Waals surface area contributed by atoms with E-state index in [2.05, 4.69) is 10.5 Å². The van der Waals surface area contributed by atoms with Crippen LogP contribution in [0, 0.1) is 5.41 Å². The zero-order valence-corrected chi connectivity index (χ0v) is 3.43. The molecule has 0 unspecified atom stereocenters. The highest BCUT2D eigenvalue weighted by atomic mass is 16.2. The van der Waals surface area contributed by atoms with Gasteiger partial charge in [-0.15, -0.1) is 0 Å². The van der Waals surface area contributed by atoms with E-state index in [0.29, 0.717) is 0 Å². The number of hydrogen-bond acceptors (Lipinski definition) is 3. The van der Waals surface area contributed by atoms with Crippen LogP contribution in [0.15, 0.2) is 5.10 Å². The van der Waals surface area contributed by atoms with Crippen LogP contribution in [-0.2, 0) is 4.79 Å². The molecule has 0 fully saturated rings. The number of hydrazone groups is 1. The summed E-state index contributed by atoms with van der Waals surface area (Å²) in [5.74, 6) is -0.431. The number of hydrogen-bond donors (Lipinski definition) is 2. The molecule has 0 aromatic heterocycles. The van der Waals surface area contributed by atoms with Gasteiger partial charge in [0.2, 0.25) is 0 Å². The highest BCUT2D eigenvalue weighted by Gasteiger charge is 2.09. The fourth-order valence-corrected chi connectivity index (χ4v) is 0.274. The van der Waals surface area contributed by atoms with Gasteiger partial charge in [-0.2, -0.15) is 5.10 Å². The molecule has 4 nitrogen and oxygen atoms in total. The average Bonchev–Trinajstić information content (AvgIpc) is 1.91. The van der Waals surface area contributed by atoms with Crippen LogP contribution in [0.4, 0.5) is 0 Å². The average molecular weight is 97.1 g/mol. The molecule has 2 N–H and O–H groups in total. The van der Waals surface area contributed by atoms with Gasteiger partial charge in [-0.25, -0.2) is 5.43 Å². The van der Waals surface area contributed by atoms with Gasteiger partial charge in [-0.3, -0.25) is 10.2 Å². The first kappa shape index (κ1) is 3.98. The number of carbonyl (C=O) groups excluding carboxylic acids is 1. The van der Waals surface area contributed by atoms with Crippen molar-refractivity contribution in [2.24, 2.45) is 5.10 Å². The number of nitrogens with zero attached hydrogens (tertiary/aromatic N) is 1. The number of rotatable bonds is 0. The van der Waals surface area contributed by atoms with Crippen LogP contribution in [0.3, 0.4) is 0 Å². The first-order valence-corrected chi connectivity index (χ1v) is 1.72. The number of nitrogens with one attached hydrogen (secondary N) is 2. The molecule has 1 amide bonds. The van der Waals surface area contributed by atoms with E-state index in [1.54, 1.807) is 0 Å². The summed E-state index contributed by atoms with van der Waals surface area (Å²) in [7, 11) is 0. The second kappa shape index (κ2) is 1.14. The lowest BCUT2D eigenvalue weighted by Crippen LogP contribution is -2.18. The highest BCUT2D eigenvalue weighted by Crippen LogP contribution is 1.76. The lowest BCUT2D eigenvalue weighted by Gasteiger charge is -1.78. The molecule has 1 aliphatic rings. The molecule has 1 heterocycles. The topological polar surface area (TPSA) is 65.3 Å². The fourth-order valence-electron chi connectivity index (χ4n) is 0.274. The molecular formula is C3H3N3O. The minimum absolute atomic E-state index is 0.0833. The van der Waals surface area contributed by atoms with E-state index >= 15 is 0 Å². The summed E-state index contributed by atoms with van der Waals surface area (Å²) in [5, 5.41) is 9.99. The van der Waals surface area contributed by atoms with E-state index < -0.39 is 5.91 Å². The second-order valence-corrected chi connectivity index (χ2v) is 1.11. The molecule has 1 aliphatic heterocycles. The smallest absolute Gasteiger partial charge is 0.290 e. The minimum Gasteiger partial charge on any atom is -0.294 e. The van der Waals surface area contributed by atoms with Gasteiger partial charge in [0.05, 0.1) is 6.21 Å². The zero-order chi connectivity index (χ0) is 5.28. The molecule has 0 aliphatic carbocycles. The van der Waals surface area contributed by atoms with E-state index in [0.717, 1.165) is 0 Å². The summed E-state index contributed by atoms with van der Waals surface area (Å²) in [4.78, 5) is 10.1. The van der Waals surface area contributed by atoms with E-state index in [-0.39, 0.29) is 5.71 Å². The van der Waals surface area contributed by atoms with Crippen molar-refractivity contribution >= 4 is 17.8 Å². The molecule has 7 heavy (non-hydrogen) atoms. The van der Waals surface area contributed by atoms with E-state index in [9.17, 15) is 4.79 Å². The monoisotopic (exact) mass is 97.0 g/mol. The van der Waals surface area contributed by atoms with Crippen LogP contribution in [0.25, 0.3) is 0 Å². The summed E-state index contributed by atoms with van der Waals surface area (Å²) in [6.07, 6.45) is 1.17. The Morgan fingerprint density at radius 1 is 1.86 bits per heavy atom.